The highest BCUT2D eigenvalue weighted by Gasteiger charge is 2.86. The lowest BCUT2D eigenvalue weighted by molar-refractivity contribution is -0.433. The van der Waals surface area contributed by atoms with E-state index in [1.807, 2.05) is 0 Å². The summed E-state index contributed by atoms with van der Waals surface area (Å²) in [5, 5.41) is 0. The molecule has 142 valence electrons. The molecule has 0 aromatic carbocycles. The van der Waals surface area contributed by atoms with Crippen molar-refractivity contribution in [3.05, 3.63) is 0 Å². The van der Waals surface area contributed by atoms with Crippen LogP contribution in [0.4, 0.5) is 48.3 Å². The lowest BCUT2D eigenvalue weighted by Crippen LogP contribution is -2.60. The second kappa shape index (κ2) is 5.29. The van der Waals surface area contributed by atoms with E-state index in [0.717, 1.165) is 0 Å². The quantitative estimate of drug-likeness (QED) is 0.548. The van der Waals surface area contributed by atoms with Gasteiger partial charge in [0.2, 0.25) is 0 Å². The maximum Gasteiger partial charge on any atom is 0.493 e. The van der Waals surface area contributed by atoms with Crippen molar-refractivity contribution in [2.45, 2.75) is 36.4 Å². The van der Waals surface area contributed by atoms with Gasteiger partial charge in [0.05, 0.1) is 0 Å². The minimum absolute atomic E-state index is 0.171. The topological polar surface area (TPSA) is 54.0 Å². The Hall–Kier alpha value is -1.42. The minimum Gasteiger partial charge on any atom is -0.392 e. The van der Waals surface area contributed by atoms with Crippen LogP contribution in [-0.4, -0.2) is 49.5 Å². The third-order valence-electron chi connectivity index (χ3n) is 2.38. The first-order valence-corrected chi connectivity index (χ1v) is 5.12. The van der Waals surface area contributed by atoms with Gasteiger partial charge in [-0.3, -0.25) is 0 Å². The van der Waals surface area contributed by atoms with E-state index in [1.165, 1.54) is 0 Å². The molecule has 5 nitrogen and oxygen atoms in total. The SMILES string of the molecule is COC(F)(C(=O)OC(F)(F)C1(F)OC(F)(F)OC1(F)F)C(F)(F)F. The number of carbonyl (C=O) groups is 1. The first kappa shape index (κ1) is 20.6. The Morgan fingerprint density at radius 1 is 0.917 bits per heavy atom. The molecular weight excluding hydrogens is 385 g/mol. The van der Waals surface area contributed by atoms with Gasteiger partial charge in [-0.1, -0.05) is 0 Å². The third-order valence-corrected chi connectivity index (χ3v) is 2.38. The molecule has 24 heavy (non-hydrogen) atoms. The lowest BCUT2D eigenvalue weighted by Gasteiger charge is -2.31. The number of rotatable bonds is 4. The Kier molecular flexibility index (Phi) is 4.54. The van der Waals surface area contributed by atoms with Gasteiger partial charge in [0.1, 0.15) is 0 Å². The molecule has 2 unspecified atom stereocenters. The minimum atomic E-state index is -6.56. The molecule has 0 saturated carbocycles. The van der Waals surface area contributed by atoms with Crippen molar-refractivity contribution >= 4 is 5.97 Å². The van der Waals surface area contributed by atoms with Gasteiger partial charge < -0.3 is 9.47 Å². The molecule has 1 saturated heterocycles. The van der Waals surface area contributed by atoms with Gasteiger partial charge in [-0.15, -0.1) is 8.78 Å². The Morgan fingerprint density at radius 2 is 1.38 bits per heavy atom. The summed E-state index contributed by atoms with van der Waals surface area (Å²) < 4.78 is 150. The number of ether oxygens (including phenoxy) is 4. The standard InChI is InChI=1S/C8H3F11O5/c1-21-3(9,5(11,12)13)2(20)22-6(14,15)4(10)7(16,17)24-8(18,19)23-4/h1H3. The maximum absolute atomic E-state index is 13.5. The van der Waals surface area contributed by atoms with Crippen LogP contribution >= 0.6 is 0 Å². The van der Waals surface area contributed by atoms with E-state index in [2.05, 4.69) is 18.9 Å². The molecule has 0 radical (unpaired) electrons. The zero-order valence-electron chi connectivity index (χ0n) is 10.7. The monoisotopic (exact) mass is 388 g/mol. The molecule has 0 amide bonds. The third kappa shape index (κ3) is 2.97. The molecule has 0 bridgehead atoms. The van der Waals surface area contributed by atoms with Crippen LogP contribution in [-0.2, 0) is 23.7 Å². The largest absolute Gasteiger partial charge is 0.493 e. The van der Waals surface area contributed by atoms with Gasteiger partial charge in [-0.05, 0) is 0 Å². The second-order valence-corrected chi connectivity index (χ2v) is 3.98. The average Bonchev–Trinajstić information content (AvgIpc) is 2.50. The number of hydrogen-bond acceptors (Lipinski definition) is 5. The first-order chi connectivity index (χ1) is 10.4. The van der Waals surface area contributed by atoms with Crippen molar-refractivity contribution in [2.75, 3.05) is 7.11 Å². The molecule has 2 atom stereocenters. The maximum atomic E-state index is 13.5. The van der Waals surface area contributed by atoms with E-state index in [-0.39, 0.29) is 7.11 Å². The van der Waals surface area contributed by atoms with Crippen molar-refractivity contribution in [3.63, 3.8) is 0 Å². The summed E-state index contributed by atoms with van der Waals surface area (Å²) in [6, 6.07) is 0. The molecule has 0 aliphatic carbocycles. The number of carbonyl (C=O) groups excluding carboxylic acids is 1. The highest BCUT2D eigenvalue weighted by Crippen LogP contribution is 2.56. The number of alkyl halides is 11. The normalized spacial score (nSPS) is 29.2. The van der Waals surface area contributed by atoms with Crippen molar-refractivity contribution in [1.29, 1.82) is 0 Å². The first-order valence-electron chi connectivity index (χ1n) is 5.12. The van der Waals surface area contributed by atoms with Crippen LogP contribution in [0.15, 0.2) is 0 Å². The van der Waals surface area contributed by atoms with Crippen LogP contribution in [0.3, 0.4) is 0 Å². The zero-order valence-corrected chi connectivity index (χ0v) is 10.7. The van der Waals surface area contributed by atoms with Crippen molar-refractivity contribution in [1.82, 2.24) is 0 Å². The molecule has 1 fully saturated rings. The average molecular weight is 388 g/mol. The molecule has 0 aromatic heterocycles. The van der Waals surface area contributed by atoms with Crippen LogP contribution in [0.1, 0.15) is 0 Å². The number of esters is 1. The second-order valence-electron chi connectivity index (χ2n) is 3.98. The van der Waals surface area contributed by atoms with Crippen LogP contribution in [0.25, 0.3) is 0 Å². The summed E-state index contributed by atoms with van der Waals surface area (Å²) >= 11 is 0. The van der Waals surface area contributed by atoms with Gasteiger partial charge in [0, 0.05) is 7.11 Å². The number of hydrogen-bond donors (Lipinski definition) is 0. The molecule has 1 aliphatic rings. The van der Waals surface area contributed by atoms with E-state index < -0.39 is 42.4 Å². The van der Waals surface area contributed by atoms with Crippen molar-refractivity contribution in [2.24, 2.45) is 0 Å². The molecular formula is C8H3F11O5. The summed E-state index contributed by atoms with van der Waals surface area (Å²) in [7, 11) is -0.171. The number of methoxy groups -OCH3 is 1. The van der Waals surface area contributed by atoms with Gasteiger partial charge in [-0.25, -0.2) is 14.3 Å². The van der Waals surface area contributed by atoms with Gasteiger partial charge >= 0.3 is 42.4 Å². The molecule has 1 heterocycles. The summed E-state index contributed by atoms with van der Waals surface area (Å²) in [6.45, 7) is 0. The molecule has 16 heteroatoms. The molecule has 0 aromatic rings. The fourth-order valence-corrected chi connectivity index (χ4v) is 1.25. The Morgan fingerprint density at radius 3 is 1.67 bits per heavy atom. The van der Waals surface area contributed by atoms with Crippen LogP contribution in [0, 0.1) is 0 Å². The van der Waals surface area contributed by atoms with Crippen LogP contribution in [0.5, 0.6) is 0 Å². The summed E-state index contributed by atoms with van der Waals surface area (Å²) in [4.78, 5) is 10.8. The van der Waals surface area contributed by atoms with Crippen LogP contribution in [0.2, 0.25) is 0 Å². The fourth-order valence-electron chi connectivity index (χ4n) is 1.25. The van der Waals surface area contributed by atoms with E-state index in [4.69, 9.17) is 0 Å². The van der Waals surface area contributed by atoms with Crippen molar-refractivity contribution in [3.8, 4) is 0 Å². The molecule has 0 N–H and O–H groups in total. The smallest absolute Gasteiger partial charge is 0.392 e. The van der Waals surface area contributed by atoms with Gasteiger partial charge in [-0.2, -0.15) is 39.5 Å². The molecule has 0 spiro atoms. The Bertz CT molecular complexity index is 519. The van der Waals surface area contributed by atoms with E-state index in [1.54, 1.807) is 0 Å². The van der Waals surface area contributed by atoms with Gasteiger partial charge in [0.15, 0.2) is 0 Å². The van der Waals surface area contributed by atoms with E-state index in [9.17, 15) is 53.1 Å². The predicted molar refractivity (Wildman–Crippen MR) is 43.8 cm³/mol. The summed E-state index contributed by atoms with van der Waals surface area (Å²) in [5.41, 5.74) is 0. The summed E-state index contributed by atoms with van der Waals surface area (Å²) in [6.07, 6.45) is -24.8. The predicted octanol–water partition coefficient (Wildman–Crippen LogP) is 2.85. The summed E-state index contributed by atoms with van der Waals surface area (Å²) in [5.74, 6) is -15.7. The highest BCUT2D eigenvalue weighted by atomic mass is 19.4. The Balaban J connectivity index is 3.20. The Labute approximate surface area is 123 Å². The molecule has 1 aliphatic heterocycles. The van der Waals surface area contributed by atoms with Gasteiger partial charge in [0.25, 0.3) is 0 Å². The highest BCUT2D eigenvalue weighted by molar-refractivity contribution is 5.79. The molecule has 1 rings (SSSR count). The van der Waals surface area contributed by atoms with Crippen LogP contribution < -0.4 is 0 Å². The number of halogens is 11. The van der Waals surface area contributed by atoms with E-state index >= 15 is 0 Å². The lowest BCUT2D eigenvalue weighted by atomic mass is 10.2. The fraction of sp³-hybridized carbons (Fsp3) is 0.875. The van der Waals surface area contributed by atoms with Crippen molar-refractivity contribution < 1.29 is 72.0 Å². The van der Waals surface area contributed by atoms with E-state index in [0.29, 0.717) is 0 Å². The zero-order chi connectivity index (χ0) is 19.4.